The molecule has 33 heavy (non-hydrogen) atoms. The minimum absolute atomic E-state index is 0.0477. The van der Waals surface area contributed by atoms with E-state index in [1.165, 1.54) is 12.1 Å². The van der Waals surface area contributed by atoms with Crippen molar-refractivity contribution in [3.63, 3.8) is 0 Å². The van der Waals surface area contributed by atoms with Crippen molar-refractivity contribution in [2.45, 2.75) is 31.9 Å². The Morgan fingerprint density at radius 1 is 1.12 bits per heavy atom. The monoisotopic (exact) mass is 446 g/mol. The van der Waals surface area contributed by atoms with Gasteiger partial charge in [0, 0.05) is 11.8 Å². The summed E-state index contributed by atoms with van der Waals surface area (Å²) in [5.41, 5.74) is 8.14. The molecule has 3 aromatic carbocycles. The van der Waals surface area contributed by atoms with Crippen LogP contribution in [0.3, 0.4) is 0 Å². The van der Waals surface area contributed by atoms with Gasteiger partial charge in [0.25, 0.3) is 0 Å². The quantitative estimate of drug-likeness (QED) is 0.396. The summed E-state index contributed by atoms with van der Waals surface area (Å²) in [7, 11) is 0. The Bertz CT molecular complexity index is 1210. The maximum Gasteiger partial charge on any atom is 0.220 e. The van der Waals surface area contributed by atoms with E-state index in [1.54, 1.807) is 23.0 Å². The van der Waals surface area contributed by atoms with Gasteiger partial charge >= 0.3 is 0 Å². The molecule has 0 aliphatic rings. The molecule has 6 nitrogen and oxygen atoms in total. The van der Waals surface area contributed by atoms with Gasteiger partial charge in [-0.05, 0) is 67.9 Å². The molecule has 0 aliphatic carbocycles. The number of nitrogens with zero attached hydrogens (tertiary/aromatic N) is 2. The molecule has 3 N–H and O–H groups in total. The van der Waals surface area contributed by atoms with Crippen LogP contribution in [0.25, 0.3) is 16.6 Å². The van der Waals surface area contributed by atoms with Crippen molar-refractivity contribution in [2.75, 3.05) is 6.54 Å². The van der Waals surface area contributed by atoms with Crippen molar-refractivity contribution in [3.8, 4) is 11.4 Å². The highest BCUT2D eigenvalue weighted by atomic mass is 19.1. The van der Waals surface area contributed by atoms with Crippen LogP contribution < -0.4 is 15.8 Å². The molecule has 0 unspecified atom stereocenters. The molecule has 1 heterocycles. The highest BCUT2D eigenvalue weighted by Crippen LogP contribution is 2.29. The van der Waals surface area contributed by atoms with Gasteiger partial charge in [0.1, 0.15) is 17.7 Å². The molecule has 1 aromatic heterocycles. The number of hydrogen-bond acceptors (Lipinski definition) is 4. The molecule has 0 spiro atoms. The number of carbonyl (C=O) groups excluding carboxylic acids is 1. The molecule has 1 amide bonds. The van der Waals surface area contributed by atoms with Gasteiger partial charge in [-0.1, -0.05) is 30.3 Å². The third kappa shape index (κ3) is 5.38. The molecule has 0 aliphatic heterocycles. The van der Waals surface area contributed by atoms with E-state index in [0.717, 1.165) is 22.2 Å². The highest BCUT2D eigenvalue weighted by Gasteiger charge is 2.23. The summed E-state index contributed by atoms with van der Waals surface area (Å²) in [6, 6.07) is 21.5. The minimum Gasteiger partial charge on any atom is -0.484 e. The van der Waals surface area contributed by atoms with E-state index in [2.05, 4.69) is 10.4 Å². The summed E-state index contributed by atoms with van der Waals surface area (Å²) in [5, 5.41) is 8.37. The molecule has 4 aromatic rings. The fraction of sp³-hybridized carbons (Fsp3) is 0.231. The number of rotatable bonds is 9. The van der Waals surface area contributed by atoms with Crippen molar-refractivity contribution in [1.82, 2.24) is 15.1 Å². The van der Waals surface area contributed by atoms with Crippen LogP contribution in [0, 0.1) is 5.82 Å². The Balaban J connectivity index is 1.58. The third-order valence-electron chi connectivity index (χ3n) is 5.45. The van der Waals surface area contributed by atoms with E-state index in [9.17, 15) is 9.18 Å². The van der Waals surface area contributed by atoms with Gasteiger partial charge in [-0.25, -0.2) is 9.07 Å². The van der Waals surface area contributed by atoms with Gasteiger partial charge in [0.2, 0.25) is 5.91 Å². The molecule has 0 saturated carbocycles. The smallest absolute Gasteiger partial charge is 0.220 e. The summed E-state index contributed by atoms with van der Waals surface area (Å²) in [5.74, 6) is 0.327. The van der Waals surface area contributed by atoms with Crippen LogP contribution in [0.2, 0.25) is 0 Å². The zero-order valence-electron chi connectivity index (χ0n) is 18.4. The fourth-order valence-electron chi connectivity index (χ4n) is 3.78. The van der Waals surface area contributed by atoms with Crippen LogP contribution in [0.5, 0.6) is 5.75 Å². The van der Waals surface area contributed by atoms with Crippen molar-refractivity contribution in [2.24, 2.45) is 5.73 Å². The number of hydrogen-bond donors (Lipinski definition) is 2. The fourth-order valence-corrected chi connectivity index (χ4v) is 3.78. The van der Waals surface area contributed by atoms with E-state index < -0.39 is 0 Å². The number of nitrogens with one attached hydrogen (secondary N) is 1. The topological polar surface area (TPSA) is 82.2 Å². The minimum atomic E-state index is -0.377. The Hall–Kier alpha value is -3.71. The van der Waals surface area contributed by atoms with Crippen molar-refractivity contribution < 1.29 is 13.9 Å². The number of benzene rings is 3. The lowest BCUT2D eigenvalue weighted by Gasteiger charge is -2.26. The normalized spacial score (nSPS) is 12.9. The highest BCUT2D eigenvalue weighted by molar-refractivity contribution is 5.81. The zero-order valence-corrected chi connectivity index (χ0v) is 18.4. The first kappa shape index (κ1) is 22.5. The Kier molecular flexibility index (Phi) is 7.00. The number of halogens is 1. The number of fused-ring (bicyclic) bond motifs is 1. The predicted octanol–water partition coefficient (Wildman–Crippen LogP) is 4.53. The molecular formula is C26H27FN4O2. The van der Waals surface area contributed by atoms with Crippen LogP contribution in [0.15, 0.2) is 79.0 Å². The number of nitrogens with two attached hydrogens (primary N) is 1. The molecule has 170 valence electrons. The zero-order chi connectivity index (χ0) is 23.2. The van der Waals surface area contributed by atoms with Crippen LogP contribution >= 0.6 is 0 Å². The molecule has 2 atom stereocenters. The van der Waals surface area contributed by atoms with E-state index >= 15 is 0 Å². The molecular weight excluding hydrogens is 419 g/mol. The Labute approximate surface area is 192 Å². The van der Waals surface area contributed by atoms with Gasteiger partial charge in [-0.3, -0.25) is 4.79 Å². The molecule has 0 fully saturated rings. The van der Waals surface area contributed by atoms with Gasteiger partial charge < -0.3 is 15.8 Å². The lowest BCUT2D eigenvalue weighted by Crippen LogP contribution is -2.39. The SMILES string of the molecule is C[C@H](NC(=O)CCCN)[C@@H](Oc1ccc2c(cnn2-c2ccc(F)cc2)c1)c1ccccc1. The molecule has 7 heteroatoms. The van der Waals surface area contributed by atoms with Crippen LogP contribution in [-0.4, -0.2) is 28.3 Å². The Morgan fingerprint density at radius 2 is 1.88 bits per heavy atom. The first-order chi connectivity index (χ1) is 16.0. The van der Waals surface area contributed by atoms with E-state index in [1.807, 2.05) is 55.5 Å². The molecule has 0 radical (unpaired) electrons. The van der Waals surface area contributed by atoms with Crippen molar-refractivity contribution in [3.05, 3.63) is 90.4 Å². The van der Waals surface area contributed by atoms with Gasteiger partial charge in [-0.2, -0.15) is 5.10 Å². The van der Waals surface area contributed by atoms with Crippen LogP contribution in [0.4, 0.5) is 4.39 Å². The van der Waals surface area contributed by atoms with Crippen molar-refractivity contribution in [1.29, 1.82) is 0 Å². The third-order valence-corrected chi connectivity index (χ3v) is 5.45. The van der Waals surface area contributed by atoms with E-state index in [4.69, 9.17) is 10.5 Å². The maximum absolute atomic E-state index is 13.3. The standard InChI is InChI=1S/C26H27FN4O2/c1-18(30-25(32)8-5-15-28)26(19-6-3-2-4-7-19)33-23-13-14-24-20(16-23)17-29-31(24)22-11-9-21(27)10-12-22/h2-4,6-7,9-14,16-18,26H,5,8,15,28H2,1H3,(H,30,32)/t18-,26+/m0/s1. The molecule has 0 bridgehead atoms. The summed E-state index contributed by atoms with van der Waals surface area (Å²) < 4.78 is 21.4. The summed E-state index contributed by atoms with van der Waals surface area (Å²) in [6.45, 7) is 2.41. The second-order valence-corrected chi connectivity index (χ2v) is 7.95. The maximum atomic E-state index is 13.3. The van der Waals surface area contributed by atoms with Gasteiger partial charge in [0.05, 0.1) is 23.4 Å². The number of amides is 1. The van der Waals surface area contributed by atoms with E-state index in [-0.39, 0.29) is 23.9 Å². The average molecular weight is 447 g/mol. The second-order valence-electron chi connectivity index (χ2n) is 7.95. The predicted molar refractivity (Wildman–Crippen MR) is 127 cm³/mol. The first-order valence-electron chi connectivity index (χ1n) is 11.0. The van der Waals surface area contributed by atoms with Crippen LogP contribution in [-0.2, 0) is 4.79 Å². The largest absolute Gasteiger partial charge is 0.484 e. The summed E-state index contributed by atoms with van der Waals surface area (Å²) in [4.78, 5) is 12.3. The lowest BCUT2D eigenvalue weighted by atomic mass is 10.0. The summed E-state index contributed by atoms with van der Waals surface area (Å²) in [6.07, 6.45) is 2.40. The molecule has 4 rings (SSSR count). The van der Waals surface area contributed by atoms with Gasteiger partial charge in [-0.15, -0.1) is 0 Å². The average Bonchev–Trinajstić information content (AvgIpc) is 3.25. The number of carbonyl (C=O) groups is 1. The lowest BCUT2D eigenvalue weighted by molar-refractivity contribution is -0.122. The second kappa shape index (κ2) is 10.3. The molecule has 0 saturated heterocycles. The van der Waals surface area contributed by atoms with E-state index in [0.29, 0.717) is 25.1 Å². The Morgan fingerprint density at radius 3 is 2.61 bits per heavy atom. The summed E-state index contributed by atoms with van der Waals surface area (Å²) >= 11 is 0. The number of ether oxygens (including phenoxy) is 1. The van der Waals surface area contributed by atoms with Gasteiger partial charge in [0.15, 0.2) is 0 Å². The van der Waals surface area contributed by atoms with Crippen LogP contribution in [0.1, 0.15) is 31.4 Å². The first-order valence-corrected chi connectivity index (χ1v) is 11.0. The van der Waals surface area contributed by atoms with Crippen molar-refractivity contribution >= 4 is 16.8 Å². The number of aromatic nitrogens is 2.